The highest BCUT2D eigenvalue weighted by atomic mass is 16.2. The highest BCUT2D eigenvalue weighted by Gasteiger charge is 2.29. The molecule has 0 aromatic rings. The largest absolute Gasteiger partial charge is 0.338 e. The van der Waals surface area contributed by atoms with Crippen molar-refractivity contribution in [2.24, 2.45) is 5.92 Å². The van der Waals surface area contributed by atoms with Gasteiger partial charge >= 0.3 is 0 Å². The maximum Gasteiger partial charge on any atom is 0.236 e. The fourth-order valence-electron chi connectivity index (χ4n) is 2.05. The van der Waals surface area contributed by atoms with E-state index in [-0.39, 0.29) is 5.91 Å². The van der Waals surface area contributed by atoms with Crippen molar-refractivity contribution < 1.29 is 4.79 Å². The molecule has 1 atom stereocenters. The van der Waals surface area contributed by atoms with Crippen LogP contribution in [0.25, 0.3) is 0 Å². The number of nitrogens with one attached hydrogen (secondary N) is 1. The molecule has 0 spiro atoms. The Balaban J connectivity index is 1.84. The lowest BCUT2D eigenvalue weighted by molar-refractivity contribution is -0.134. The summed E-state index contributed by atoms with van der Waals surface area (Å²) in [6.45, 7) is 4.57. The van der Waals surface area contributed by atoms with E-state index in [2.05, 4.69) is 12.2 Å². The zero-order valence-corrected chi connectivity index (χ0v) is 8.25. The molecule has 74 valence electrons. The summed E-state index contributed by atoms with van der Waals surface area (Å²) in [5.74, 6) is 1.19. The SMILES string of the molecule is CC(CC1CC1)N1CCNCC1=O. The van der Waals surface area contributed by atoms with Gasteiger partial charge in [0.1, 0.15) is 0 Å². The van der Waals surface area contributed by atoms with Gasteiger partial charge < -0.3 is 10.2 Å². The maximum absolute atomic E-state index is 11.5. The predicted octanol–water partition coefficient (Wildman–Crippen LogP) is 0.607. The molecule has 13 heavy (non-hydrogen) atoms. The predicted molar refractivity (Wildman–Crippen MR) is 51.4 cm³/mol. The van der Waals surface area contributed by atoms with Crippen molar-refractivity contribution in [2.45, 2.75) is 32.2 Å². The summed E-state index contributed by atoms with van der Waals surface area (Å²) in [7, 11) is 0. The van der Waals surface area contributed by atoms with E-state index in [0.717, 1.165) is 19.0 Å². The molecule has 3 nitrogen and oxygen atoms in total. The molecule has 0 radical (unpaired) electrons. The van der Waals surface area contributed by atoms with Crippen LogP contribution in [0.3, 0.4) is 0 Å². The highest BCUT2D eigenvalue weighted by Crippen LogP contribution is 2.34. The minimum atomic E-state index is 0.277. The van der Waals surface area contributed by atoms with Gasteiger partial charge in [0.25, 0.3) is 0 Å². The molecular formula is C10H18N2O. The van der Waals surface area contributed by atoms with Crippen LogP contribution in [0.4, 0.5) is 0 Å². The number of piperazine rings is 1. The Labute approximate surface area is 79.5 Å². The van der Waals surface area contributed by atoms with E-state index in [0.29, 0.717) is 12.6 Å². The molecule has 1 N–H and O–H groups in total. The molecule has 1 unspecified atom stereocenters. The van der Waals surface area contributed by atoms with E-state index >= 15 is 0 Å². The third-order valence-corrected chi connectivity index (χ3v) is 3.03. The molecule has 2 rings (SSSR count). The number of amides is 1. The molecule has 2 fully saturated rings. The summed E-state index contributed by atoms with van der Waals surface area (Å²) in [5, 5.41) is 3.10. The first-order chi connectivity index (χ1) is 6.27. The van der Waals surface area contributed by atoms with Crippen molar-refractivity contribution in [3.8, 4) is 0 Å². The Morgan fingerprint density at radius 1 is 1.62 bits per heavy atom. The van der Waals surface area contributed by atoms with Crippen molar-refractivity contribution in [3.63, 3.8) is 0 Å². The van der Waals surface area contributed by atoms with E-state index in [9.17, 15) is 4.79 Å². The maximum atomic E-state index is 11.5. The monoisotopic (exact) mass is 182 g/mol. The number of hydrogen-bond donors (Lipinski definition) is 1. The molecule has 1 aliphatic carbocycles. The average molecular weight is 182 g/mol. The summed E-state index contributed by atoms with van der Waals surface area (Å²) in [6, 6.07) is 0.460. The van der Waals surface area contributed by atoms with Gasteiger partial charge in [-0.3, -0.25) is 4.79 Å². The Kier molecular flexibility index (Phi) is 2.54. The third-order valence-electron chi connectivity index (χ3n) is 3.03. The van der Waals surface area contributed by atoms with Gasteiger partial charge in [-0.2, -0.15) is 0 Å². The number of carbonyl (C=O) groups is 1. The molecule has 0 aromatic carbocycles. The lowest BCUT2D eigenvalue weighted by atomic mass is 10.1. The van der Waals surface area contributed by atoms with E-state index in [1.54, 1.807) is 0 Å². The van der Waals surface area contributed by atoms with Crippen molar-refractivity contribution in [1.82, 2.24) is 10.2 Å². The zero-order chi connectivity index (χ0) is 9.26. The number of hydrogen-bond acceptors (Lipinski definition) is 2. The standard InChI is InChI=1S/C10H18N2O/c1-8(6-9-2-3-9)12-5-4-11-7-10(12)13/h8-9,11H,2-7H2,1H3. The third kappa shape index (κ3) is 2.21. The summed E-state index contributed by atoms with van der Waals surface area (Å²) < 4.78 is 0. The van der Waals surface area contributed by atoms with E-state index in [1.807, 2.05) is 4.90 Å². The van der Waals surface area contributed by atoms with Gasteiger partial charge in [-0.05, 0) is 19.3 Å². The van der Waals surface area contributed by atoms with Crippen molar-refractivity contribution in [2.75, 3.05) is 19.6 Å². The number of nitrogens with zero attached hydrogens (tertiary/aromatic N) is 1. The summed E-state index contributed by atoms with van der Waals surface area (Å²) in [6.07, 6.45) is 3.97. The van der Waals surface area contributed by atoms with Gasteiger partial charge in [0.05, 0.1) is 6.54 Å². The molecule has 1 heterocycles. The lowest BCUT2D eigenvalue weighted by Crippen LogP contribution is -2.51. The van der Waals surface area contributed by atoms with Gasteiger partial charge in [0.2, 0.25) is 5.91 Å². The molecule has 0 bridgehead atoms. The molecule has 1 aliphatic heterocycles. The molecule has 2 aliphatic rings. The fraction of sp³-hybridized carbons (Fsp3) is 0.900. The normalized spacial score (nSPS) is 26.2. The van der Waals surface area contributed by atoms with E-state index in [4.69, 9.17) is 0 Å². The quantitative estimate of drug-likeness (QED) is 0.693. The number of rotatable bonds is 3. The Morgan fingerprint density at radius 2 is 2.38 bits per heavy atom. The first-order valence-corrected chi connectivity index (χ1v) is 5.27. The van der Waals surface area contributed by atoms with E-state index < -0.39 is 0 Å². The molecule has 1 saturated carbocycles. The van der Waals surface area contributed by atoms with Crippen LogP contribution < -0.4 is 5.32 Å². The van der Waals surface area contributed by atoms with Crippen molar-refractivity contribution in [3.05, 3.63) is 0 Å². The van der Waals surface area contributed by atoms with E-state index in [1.165, 1.54) is 19.3 Å². The minimum Gasteiger partial charge on any atom is -0.338 e. The number of carbonyl (C=O) groups excluding carboxylic acids is 1. The van der Waals surface area contributed by atoms with Crippen LogP contribution in [0.1, 0.15) is 26.2 Å². The first-order valence-electron chi connectivity index (χ1n) is 5.27. The molecule has 1 amide bonds. The van der Waals surface area contributed by atoms with Gasteiger partial charge in [-0.1, -0.05) is 12.8 Å². The van der Waals surface area contributed by atoms with Crippen LogP contribution in [-0.4, -0.2) is 36.5 Å². The summed E-state index contributed by atoms with van der Waals surface area (Å²) in [5.41, 5.74) is 0. The Hall–Kier alpha value is -0.570. The highest BCUT2D eigenvalue weighted by molar-refractivity contribution is 5.79. The Bertz CT molecular complexity index is 201. The van der Waals surface area contributed by atoms with Gasteiger partial charge in [-0.15, -0.1) is 0 Å². The second-order valence-electron chi connectivity index (χ2n) is 4.29. The van der Waals surface area contributed by atoms with Crippen LogP contribution >= 0.6 is 0 Å². The zero-order valence-electron chi connectivity index (χ0n) is 8.25. The van der Waals surface area contributed by atoms with Gasteiger partial charge in [0, 0.05) is 19.1 Å². The first kappa shape index (κ1) is 9.00. The van der Waals surface area contributed by atoms with Crippen LogP contribution in [0.2, 0.25) is 0 Å². The topological polar surface area (TPSA) is 32.3 Å². The van der Waals surface area contributed by atoms with Crippen molar-refractivity contribution in [1.29, 1.82) is 0 Å². The second-order valence-corrected chi connectivity index (χ2v) is 4.29. The smallest absolute Gasteiger partial charge is 0.236 e. The molecule has 1 saturated heterocycles. The average Bonchev–Trinajstić information content (AvgIpc) is 2.89. The fourth-order valence-corrected chi connectivity index (χ4v) is 2.05. The Morgan fingerprint density at radius 3 is 3.00 bits per heavy atom. The molecule has 3 heteroatoms. The van der Waals surface area contributed by atoms with Crippen molar-refractivity contribution >= 4 is 5.91 Å². The minimum absolute atomic E-state index is 0.277. The summed E-state index contributed by atoms with van der Waals surface area (Å²) >= 11 is 0. The summed E-state index contributed by atoms with van der Waals surface area (Å²) in [4.78, 5) is 13.5. The van der Waals surface area contributed by atoms with Crippen LogP contribution in [0, 0.1) is 5.92 Å². The van der Waals surface area contributed by atoms with Crippen LogP contribution in [0.15, 0.2) is 0 Å². The lowest BCUT2D eigenvalue weighted by Gasteiger charge is -2.33. The second kappa shape index (κ2) is 3.66. The van der Waals surface area contributed by atoms with Crippen LogP contribution in [-0.2, 0) is 4.79 Å². The van der Waals surface area contributed by atoms with Gasteiger partial charge in [0.15, 0.2) is 0 Å². The molecule has 0 aromatic heterocycles. The van der Waals surface area contributed by atoms with Crippen LogP contribution in [0.5, 0.6) is 0 Å². The van der Waals surface area contributed by atoms with Gasteiger partial charge in [-0.25, -0.2) is 0 Å². The molecular weight excluding hydrogens is 164 g/mol.